The monoisotopic (exact) mass is 190 g/mol. The normalized spacial score (nSPS) is 25.8. The number of hydrogen-bond donors (Lipinski definition) is 0. The number of ether oxygens (including phenoxy) is 1. The molecule has 0 unspecified atom stereocenters. The molecule has 9 heavy (non-hydrogen) atoms. The minimum atomic E-state index is -0.248. The molecule has 1 aliphatic rings. The number of esters is 1. The number of halogens is 1. The van der Waals surface area contributed by atoms with Gasteiger partial charge >= 0.3 is 5.97 Å². The molecule has 0 aromatic heterocycles. The van der Waals surface area contributed by atoms with Gasteiger partial charge in [0.25, 0.3) is 0 Å². The van der Waals surface area contributed by atoms with Crippen molar-refractivity contribution >= 4 is 21.9 Å². The first-order valence-corrected chi connectivity index (χ1v) is 3.61. The Morgan fingerprint density at radius 3 is 2.78 bits per heavy atom. The van der Waals surface area contributed by atoms with E-state index >= 15 is 0 Å². The Kier molecular flexibility index (Phi) is 1.90. The maximum atomic E-state index is 10.6. The van der Waals surface area contributed by atoms with Crippen molar-refractivity contribution in [1.82, 2.24) is 0 Å². The molecule has 1 rings (SSSR count). The topological polar surface area (TPSA) is 26.3 Å². The van der Waals surface area contributed by atoms with Gasteiger partial charge in [-0.05, 0) is 28.4 Å². The van der Waals surface area contributed by atoms with E-state index in [9.17, 15) is 4.79 Å². The van der Waals surface area contributed by atoms with Gasteiger partial charge < -0.3 is 4.74 Å². The Balaban J connectivity index is 2.62. The molecule has 0 N–H and O–H groups in total. The molecule has 1 heterocycles. The molecular formula is C6H7BrO2. The van der Waals surface area contributed by atoms with Gasteiger partial charge in [0, 0.05) is 0 Å². The molecule has 0 aliphatic carbocycles. The van der Waals surface area contributed by atoms with Crippen LogP contribution in [0.3, 0.4) is 0 Å². The van der Waals surface area contributed by atoms with Crippen LogP contribution in [0.1, 0.15) is 13.3 Å². The van der Waals surface area contributed by atoms with Crippen molar-refractivity contribution in [1.29, 1.82) is 0 Å². The van der Waals surface area contributed by atoms with Crippen LogP contribution < -0.4 is 0 Å². The van der Waals surface area contributed by atoms with Crippen molar-refractivity contribution < 1.29 is 9.53 Å². The van der Waals surface area contributed by atoms with E-state index in [1.807, 2.05) is 6.92 Å². The van der Waals surface area contributed by atoms with Gasteiger partial charge in [-0.25, -0.2) is 4.79 Å². The first kappa shape index (κ1) is 6.81. The van der Waals surface area contributed by atoms with Crippen molar-refractivity contribution in [3.8, 4) is 0 Å². The highest BCUT2D eigenvalue weighted by atomic mass is 79.9. The third kappa shape index (κ3) is 1.33. The Morgan fingerprint density at radius 2 is 2.56 bits per heavy atom. The smallest absolute Gasteiger partial charge is 0.345 e. The Morgan fingerprint density at radius 1 is 1.89 bits per heavy atom. The number of cyclic esters (lactones) is 1. The second kappa shape index (κ2) is 2.52. The van der Waals surface area contributed by atoms with Gasteiger partial charge in [0.15, 0.2) is 0 Å². The molecule has 2 nitrogen and oxygen atoms in total. The highest BCUT2D eigenvalue weighted by molar-refractivity contribution is 9.12. The molecule has 0 radical (unpaired) electrons. The lowest BCUT2D eigenvalue weighted by atomic mass is 10.3. The van der Waals surface area contributed by atoms with Gasteiger partial charge in [0.2, 0.25) is 0 Å². The predicted molar refractivity (Wildman–Crippen MR) is 37.2 cm³/mol. The van der Waals surface area contributed by atoms with Gasteiger partial charge in [0.05, 0.1) is 0 Å². The SMILES string of the molecule is CC[C@@H]1C=C(Br)C(=O)O1. The van der Waals surface area contributed by atoms with E-state index in [0.717, 1.165) is 6.42 Å². The molecule has 1 atom stereocenters. The van der Waals surface area contributed by atoms with Crippen LogP contribution in [0.25, 0.3) is 0 Å². The zero-order valence-electron chi connectivity index (χ0n) is 5.06. The molecule has 0 fully saturated rings. The summed E-state index contributed by atoms with van der Waals surface area (Å²) >= 11 is 3.07. The van der Waals surface area contributed by atoms with Crippen LogP contribution in [-0.2, 0) is 9.53 Å². The number of carbonyl (C=O) groups is 1. The van der Waals surface area contributed by atoms with Crippen LogP contribution >= 0.6 is 15.9 Å². The average molecular weight is 191 g/mol. The van der Waals surface area contributed by atoms with Gasteiger partial charge in [-0.3, -0.25) is 0 Å². The summed E-state index contributed by atoms with van der Waals surface area (Å²) in [6, 6.07) is 0. The van der Waals surface area contributed by atoms with Crippen LogP contribution in [0.2, 0.25) is 0 Å². The Labute approximate surface area is 62.0 Å². The molecule has 0 amide bonds. The molecule has 0 saturated carbocycles. The van der Waals surface area contributed by atoms with Gasteiger partial charge in [-0.2, -0.15) is 0 Å². The minimum Gasteiger partial charge on any atom is -0.454 e. The standard InChI is InChI=1S/C6H7BrO2/c1-2-4-3-5(7)6(8)9-4/h3-4H,2H2,1H3/t4-/m1/s1. The fourth-order valence-electron chi connectivity index (χ4n) is 0.660. The van der Waals surface area contributed by atoms with Crippen molar-refractivity contribution in [2.75, 3.05) is 0 Å². The van der Waals surface area contributed by atoms with E-state index in [2.05, 4.69) is 15.9 Å². The maximum absolute atomic E-state index is 10.6. The molecule has 0 aromatic carbocycles. The van der Waals surface area contributed by atoms with Gasteiger partial charge in [-0.15, -0.1) is 0 Å². The number of carbonyl (C=O) groups excluding carboxylic acids is 1. The molecule has 0 bridgehead atoms. The third-order valence-corrected chi connectivity index (χ3v) is 1.78. The fourth-order valence-corrected chi connectivity index (χ4v) is 1.05. The van der Waals surface area contributed by atoms with Crippen LogP contribution in [-0.4, -0.2) is 12.1 Å². The van der Waals surface area contributed by atoms with Crippen LogP contribution in [0.5, 0.6) is 0 Å². The van der Waals surface area contributed by atoms with Crippen LogP contribution in [0, 0.1) is 0 Å². The third-order valence-electron chi connectivity index (χ3n) is 1.19. The second-order valence-electron chi connectivity index (χ2n) is 1.87. The van der Waals surface area contributed by atoms with E-state index < -0.39 is 0 Å². The summed E-state index contributed by atoms with van der Waals surface area (Å²) in [5, 5.41) is 0. The van der Waals surface area contributed by atoms with E-state index in [-0.39, 0.29) is 12.1 Å². The first-order valence-electron chi connectivity index (χ1n) is 2.82. The van der Waals surface area contributed by atoms with E-state index in [0.29, 0.717) is 4.48 Å². The zero-order valence-corrected chi connectivity index (χ0v) is 6.64. The summed E-state index contributed by atoms with van der Waals surface area (Å²) in [5.41, 5.74) is 0. The summed E-state index contributed by atoms with van der Waals surface area (Å²) in [7, 11) is 0. The minimum absolute atomic E-state index is 0.00752. The Bertz CT molecular complexity index is 162. The summed E-state index contributed by atoms with van der Waals surface area (Å²) in [4.78, 5) is 10.6. The largest absolute Gasteiger partial charge is 0.454 e. The summed E-state index contributed by atoms with van der Waals surface area (Å²) < 4.78 is 5.39. The van der Waals surface area contributed by atoms with Crippen LogP contribution in [0.15, 0.2) is 10.6 Å². The summed E-state index contributed by atoms with van der Waals surface area (Å²) in [5.74, 6) is -0.248. The summed E-state index contributed by atoms with van der Waals surface area (Å²) in [6.07, 6.45) is 2.62. The lowest BCUT2D eigenvalue weighted by Gasteiger charge is -2.01. The molecule has 0 saturated heterocycles. The zero-order chi connectivity index (χ0) is 6.85. The molecule has 3 heteroatoms. The van der Waals surface area contributed by atoms with Gasteiger partial charge in [0.1, 0.15) is 10.6 Å². The quantitative estimate of drug-likeness (QED) is 0.588. The molecular weight excluding hydrogens is 184 g/mol. The van der Waals surface area contributed by atoms with Crippen molar-refractivity contribution in [2.45, 2.75) is 19.4 Å². The summed E-state index contributed by atoms with van der Waals surface area (Å²) in [6.45, 7) is 1.97. The van der Waals surface area contributed by atoms with E-state index in [1.165, 1.54) is 0 Å². The molecule has 1 aliphatic heterocycles. The average Bonchev–Trinajstić information content (AvgIpc) is 2.13. The lowest BCUT2D eigenvalue weighted by molar-refractivity contribution is -0.138. The number of hydrogen-bond acceptors (Lipinski definition) is 2. The van der Waals surface area contributed by atoms with Crippen LogP contribution in [0.4, 0.5) is 0 Å². The fraction of sp³-hybridized carbons (Fsp3) is 0.500. The van der Waals surface area contributed by atoms with Crippen molar-refractivity contribution in [3.05, 3.63) is 10.6 Å². The maximum Gasteiger partial charge on any atom is 0.345 e. The highest BCUT2D eigenvalue weighted by Gasteiger charge is 2.21. The number of rotatable bonds is 1. The Hall–Kier alpha value is -0.310. The highest BCUT2D eigenvalue weighted by Crippen LogP contribution is 2.19. The van der Waals surface area contributed by atoms with Crippen molar-refractivity contribution in [2.24, 2.45) is 0 Å². The molecule has 0 spiro atoms. The second-order valence-corrected chi connectivity index (χ2v) is 2.72. The lowest BCUT2D eigenvalue weighted by Crippen LogP contribution is -2.05. The van der Waals surface area contributed by atoms with E-state index in [4.69, 9.17) is 4.74 Å². The molecule has 50 valence electrons. The van der Waals surface area contributed by atoms with E-state index in [1.54, 1.807) is 6.08 Å². The van der Waals surface area contributed by atoms with Gasteiger partial charge in [-0.1, -0.05) is 6.92 Å². The molecule has 0 aromatic rings. The predicted octanol–water partition coefficient (Wildman–Crippen LogP) is 1.60. The first-order chi connectivity index (χ1) is 4.24. The van der Waals surface area contributed by atoms with Crippen molar-refractivity contribution in [3.63, 3.8) is 0 Å².